The lowest BCUT2D eigenvalue weighted by Crippen LogP contribution is -2.44. The number of nitrogens with two attached hydrogens (primary N) is 1. The molecule has 104 valence electrons. The summed E-state index contributed by atoms with van der Waals surface area (Å²) in [6.45, 7) is 1.83. The van der Waals surface area contributed by atoms with Gasteiger partial charge in [0.2, 0.25) is 0 Å². The molecule has 1 aromatic rings. The molecule has 0 aromatic heterocycles. The summed E-state index contributed by atoms with van der Waals surface area (Å²) in [6, 6.07) is 9.12. The average molecular weight is 278 g/mol. The van der Waals surface area contributed by atoms with Gasteiger partial charge >= 0.3 is 0 Å². The molecular formula is C15H22N2OS. The Morgan fingerprint density at radius 2 is 2.11 bits per heavy atom. The maximum Gasteiger partial charge on any atom is 0.0468 e. The van der Waals surface area contributed by atoms with Gasteiger partial charge in [0, 0.05) is 29.4 Å². The third kappa shape index (κ3) is 3.14. The summed E-state index contributed by atoms with van der Waals surface area (Å²) in [7, 11) is 0. The highest BCUT2D eigenvalue weighted by Crippen LogP contribution is 2.39. The molecule has 3 N–H and O–H groups in total. The van der Waals surface area contributed by atoms with Crippen molar-refractivity contribution in [3.63, 3.8) is 0 Å². The summed E-state index contributed by atoms with van der Waals surface area (Å²) in [5.74, 6) is 6.57. The molecule has 2 aliphatic rings. The zero-order chi connectivity index (χ0) is 13.1. The van der Waals surface area contributed by atoms with Gasteiger partial charge in [0.15, 0.2) is 0 Å². The van der Waals surface area contributed by atoms with Gasteiger partial charge in [-0.05, 0) is 43.2 Å². The molecule has 1 aromatic carbocycles. The Morgan fingerprint density at radius 1 is 1.32 bits per heavy atom. The van der Waals surface area contributed by atoms with Crippen molar-refractivity contribution < 1.29 is 4.74 Å². The second-order valence-corrected chi connectivity index (χ2v) is 6.81. The molecular weight excluding hydrogens is 256 g/mol. The quantitative estimate of drug-likeness (QED) is 0.655. The highest BCUT2D eigenvalue weighted by Gasteiger charge is 2.30. The predicted molar refractivity (Wildman–Crippen MR) is 79.1 cm³/mol. The fourth-order valence-corrected chi connectivity index (χ4v) is 4.50. The number of thioether (sulfide) groups is 1. The smallest absolute Gasteiger partial charge is 0.0468 e. The van der Waals surface area contributed by atoms with Crippen LogP contribution in [0.25, 0.3) is 0 Å². The summed E-state index contributed by atoms with van der Waals surface area (Å²) in [5.41, 5.74) is 4.54. The second-order valence-electron chi connectivity index (χ2n) is 5.53. The lowest BCUT2D eigenvalue weighted by molar-refractivity contribution is 0.0605. The van der Waals surface area contributed by atoms with Crippen molar-refractivity contribution in [3.05, 3.63) is 29.8 Å². The van der Waals surface area contributed by atoms with Gasteiger partial charge in [0.25, 0.3) is 0 Å². The van der Waals surface area contributed by atoms with E-state index in [9.17, 15) is 0 Å². The number of hydrazine groups is 1. The minimum atomic E-state index is 0.403. The van der Waals surface area contributed by atoms with Crippen LogP contribution in [0.3, 0.4) is 0 Å². The van der Waals surface area contributed by atoms with Crippen molar-refractivity contribution in [2.45, 2.75) is 41.9 Å². The monoisotopic (exact) mass is 278 g/mol. The van der Waals surface area contributed by atoms with E-state index >= 15 is 0 Å². The van der Waals surface area contributed by atoms with Gasteiger partial charge in [-0.1, -0.05) is 18.2 Å². The molecule has 0 bridgehead atoms. The first-order chi connectivity index (χ1) is 9.36. The number of hydrogen-bond acceptors (Lipinski definition) is 4. The summed E-state index contributed by atoms with van der Waals surface area (Å²) in [6.07, 6.45) is 4.68. The first-order valence-corrected chi connectivity index (χ1v) is 8.03. The number of benzene rings is 1. The normalized spacial score (nSPS) is 25.2. The number of hydrogen-bond donors (Lipinski definition) is 2. The summed E-state index contributed by atoms with van der Waals surface area (Å²) >= 11 is 1.98. The minimum Gasteiger partial charge on any atom is -0.381 e. The molecule has 2 atom stereocenters. The maximum atomic E-state index is 5.81. The number of nitrogens with one attached hydrogen (secondary N) is 1. The van der Waals surface area contributed by atoms with E-state index in [1.807, 2.05) is 11.8 Å². The Kier molecular flexibility index (Phi) is 4.43. The van der Waals surface area contributed by atoms with Gasteiger partial charge in [0.05, 0.1) is 0 Å². The Balaban J connectivity index is 1.61. The van der Waals surface area contributed by atoms with Crippen molar-refractivity contribution in [2.75, 3.05) is 13.2 Å². The SMILES string of the molecule is NNC(CC1CCOCC1)C1Cc2ccccc2S1. The molecule has 0 aliphatic carbocycles. The van der Waals surface area contributed by atoms with Crippen molar-refractivity contribution in [1.29, 1.82) is 0 Å². The summed E-state index contributed by atoms with van der Waals surface area (Å²) in [4.78, 5) is 1.43. The molecule has 3 nitrogen and oxygen atoms in total. The van der Waals surface area contributed by atoms with Gasteiger partial charge in [-0.3, -0.25) is 11.3 Å². The minimum absolute atomic E-state index is 0.403. The molecule has 1 fully saturated rings. The number of fused-ring (bicyclic) bond motifs is 1. The van der Waals surface area contributed by atoms with Crippen molar-refractivity contribution in [1.82, 2.24) is 5.43 Å². The van der Waals surface area contributed by atoms with Gasteiger partial charge < -0.3 is 4.74 Å². The molecule has 0 amide bonds. The molecule has 3 rings (SSSR count). The van der Waals surface area contributed by atoms with E-state index in [2.05, 4.69) is 29.7 Å². The molecule has 2 heterocycles. The number of rotatable bonds is 4. The van der Waals surface area contributed by atoms with E-state index in [1.165, 1.54) is 29.7 Å². The molecule has 0 saturated carbocycles. The zero-order valence-corrected chi connectivity index (χ0v) is 12.0. The third-order valence-electron chi connectivity index (χ3n) is 4.26. The van der Waals surface area contributed by atoms with E-state index in [-0.39, 0.29) is 0 Å². The molecule has 2 aliphatic heterocycles. The van der Waals surface area contributed by atoms with E-state index in [0.717, 1.165) is 25.6 Å². The van der Waals surface area contributed by atoms with Crippen LogP contribution in [0.2, 0.25) is 0 Å². The van der Waals surface area contributed by atoms with Crippen LogP contribution in [0, 0.1) is 5.92 Å². The first kappa shape index (κ1) is 13.4. The van der Waals surface area contributed by atoms with Crippen LogP contribution in [0.4, 0.5) is 0 Å². The van der Waals surface area contributed by atoms with E-state index in [4.69, 9.17) is 10.6 Å². The van der Waals surface area contributed by atoms with Crippen LogP contribution in [0.1, 0.15) is 24.8 Å². The van der Waals surface area contributed by atoms with E-state index < -0.39 is 0 Å². The van der Waals surface area contributed by atoms with Crippen molar-refractivity contribution >= 4 is 11.8 Å². The summed E-state index contributed by atoms with van der Waals surface area (Å²) < 4.78 is 5.43. The largest absolute Gasteiger partial charge is 0.381 e. The van der Waals surface area contributed by atoms with Crippen LogP contribution in [0.5, 0.6) is 0 Å². The van der Waals surface area contributed by atoms with Crippen molar-refractivity contribution in [2.24, 2.45) is 11.8 Å². The molecule has 4 heteroatoms. The molecule has 0 spiro atoms. The van der Waals surface area contributed by atoms with Crippen molar-refractivity contribution in [3.8, 4) is 0 Å². The fraction of sp³-hybridized carbons (Fsp3) is 0.600. The standard InChI is InChI=1S/C15H22N2OS/c16-17-13(9-11-5-7-18-8-6-11)15-10-12-3-1-2-4-14(12)19-15/h1-4,11,13,15,17H,5-10,16H2. The third-order valence-corrected chi connectivity index (χ3v) is 5.71. The van der Waals surface area contributed by atoms with E-state index in [0.29, 0.717) is 11.3 Å². The van der Waals surface area contributed by atoms with Gasteiger partial charge in [0.1, 0.15) is 0 Å². The van der Waals surface area contributed by atoms with Crippen LogP contribution < -0.4 is 11.3 Å². The highest BCUT2D eigenvalue weighted by molar-refractivity contribution is 8.00. The van der Waals surface area contributed by atoms with Crippen LogP contribution in [-0.2, 0) is 11.2 Å². The van der Waals surface area contributed by atoms with E-state index in [1.54, 1.807) is 0 Å². The number of ether oxygens (including phenoxy) is 1. The molecule has 1 saturated heterocycles. The lowest BCUT2D eigenvalue weighted by Gasteiger charge is -2.29. The Labute approximate surface area is 119 Å². The molecule has 2 unspecified atom stereocenters. The Morgan fingerprint density at radius 3 is 2.84 bits per heavy atom. The van der Waals surface area contributed by atoms with Gasteiger partial charge in [-0.15, -0.1) is 11.8 Å². The van der Waals surface area contributed by atoms with Crippen LogP contribution >= 0.6 is 11.8 Å². The topological polar surface area (TPSA) is 47.3 Å². The van der Waals surface area contributed by atoms with Crippen LogP contribution in [-0.4, -0.2) is 24.5 Å². The molecule has 19 heavy (non-hydrogen) atoms. The summed E-state index contributed by atoms with van der Waals surface area (Å²) in [5, 5.41) is 0.574. The fourth-order valence-electron chi connectivity index (χ4n) is 3.10. The first-order valence-electron chi connectivity index (χ1n) is 7.15. The Hall–Kier alpha value is -0.550. The second kappa shape index (κ2) is 6.27. The average Bonchev–Trinajstić information content (AvgIpc) is 2.89. The predicted octanol–water partition coefficient (Wildman–Crippen LogP) is 2.35. The maximum absolute atomic E-state index is 5.81. The van der Waals surface area contributed by atoms with Gasteiger partial charge in [-0.2, -0.15) is 0 Å². The highest BCUT2D eigenvalue weighted by atomic mass is 32.2. The van der Waals surface area contributed by atoms with Crippen LogP contribution in [0.15, 0.2) is 29.2 Å². The molecule has 0 radical (unpaired) electrons. The zero-order valence-electron chi connectivity index (χ0n) is 11.2. The Bertz CT molecular complexity index is 395. The lowest BCUT2D eigenvalue weighted by atomic mass is 9.90. The van der Waals surface area contributed by atoms with Gasteiger partial charge in [-0.25, -0.2) is 0 Å².